The molecule has 1 amide bonds. The molecule has 4 heteroatoms. The second-order valence-corrected chi connectivity index (χ2v) is 4.97. The number of hydrogen-bond donors (Lipinski definition) is 2. The van der Waals surface area contributed by atoms with Gasteiger partial charge in [-0.2, -0.15) is 0 Å². The van der Waals surface area contributed by atoms with Crippen LogP contribution in [-0.2, 0) is 4.79 Å². The lowest BCUT2D eigenvalue weighted by molar-refractivity contribution is -0.131. The van der Waals surface area contributed by atoms with Crippen molar-refractivity contribution in [3.8, 4) is 0 Å². The van der Waals surface area contributed by atoms with Crippen LogP contribution in [0, 0.1) is 5.92 Å². The molecule has 2 N–H and O–H groups in total. The molecule has 0 aromatic rings. The van der Waals surface area contributed by atoms with E-state index in [9.17, 15) is 9.90 Å². The van der Waals surface area contributed by atoms with Gasteiger partial charge in [-0.3, -0.25) is 4.79 Å². The van der Waals surface area contributed by atoms with Gasteiger partial charge < -0.3 is 15.3 Å². The summed E-state index contributed by atoms with van der Waals surface area (Å²) in [5, 5.41) is 13.1. The zero-order valence-electron chi connectivity index (χ0n) is 11.4. The van der Waals surface area contributed by atoms with Crippen LogP contribution in [0.2, 0.25) is 0 Å². The van der Waals surface area contributed by atoms with Crippen molar-refractivity contribution in [3.05, 3.63) is 0 Å². The van der Waals surface area contributed by atoms with Gasteiger partial charge in [-0.15, -0.1) is 0 Å². The molecule has 0 radical (unpaired) electrons. The van der Waals surface area contributed by atoms with E-state index in [1.807, 2.05) is 27.7 Å². The molecule has 4 nitrogen and oxygen atoms in total. The molecule has 0 heterocycles. The molecule has 0 rings (SSSR count). The van der Waals surface area contributed by atoms with E-state index in [1.54, 1.807) is 18.9 Å². The largest absolute Gasteiger partial charge is 0.389 e. The van der Waals surface area contributed by atoms with E-state index in [0.29, 0.717) is 13.1 Å². The van der Waals surface area contributed by atoms with Gasteiger partial charge in [0.15, 0.2) is 0 Å². The van der Waals surface area contributed by atoms with Gasteiger partial charge in [0.2, 0.25) is 5.91 Å². The number of amides is 1. The Balaban J connectivity index is 4.17. The van der Waals surface area contributed by atoms with E-state index in [2.05, 4.69) is 5.32 Å². The molecule has 0 saturated carbocycles. The van der Waals surface area contributed by atoms with Gasteiger partial charge >= 0.3 is 0 Å². The van der Waals surface area contributed by atoms with Crippen molar-refractivity contribution in [3.63, 3.8) is 0 Å². The average molecular weight is 230 g/mol. The predicted molar refractivity (Wildman–Crippen MR) is 66.2 cm³/mol. The first kappa shape index (κ1) is 15.4. The van der Waals surface area contributed by atoms with Crippen molar-refractivity contribution in [2.45, 2.75) is 46.3 Å². The zero-order valence-corrected chi connectivity index (χ0v) is 11.4. The van der Waals surface area contributed by atoms with Gasteiger partial charge in [0.1, 0.15) is 0 Å². The third kappa shape index (κ3) is 4.49. The van der Waals surface area contributed by atoms with Crippen LogP contribution in [-0.4, -0.2) is 47.7 Å². The number of nitrogens with zero attached hydrogens (tertiary/aromatic N) is 1. The molecule has 2 unspecified atom stereocenters. The third-order valence-corrected chi connectivity index (χ3v) is 3.23. The first-order valence-electron chi connectivity index (χ1n) is 5.93. The maximum absolute atomic E-state index is 11.7. The summed E-state index contributed by atoms with van der Waals surface area (Å²) in [6.07, 6.45) is 0. The summed E-state index contributed by atoms with van der Waals surface area (Å²) in [6, 6.07) is -0.254. The summed E-state index contributed by atoms with van der Waals surface area (Å²) in [5.41, 5.74) is -0.778. The zero-order chi connectivity index (χ0) is 12.9. The van der Waals surface area contributed by atoms with Crippen LogP contribution in [0.3, 0.4) is 0 Å². The molecule has 0 bridgehead atoms. The number of aliphatic hydroxyl groups is 1. The molecule has 96 valence electrons. The lowest BCUT2D eigenvalue weighted by Crippen LogP contribution is -2.50. The quantitative estimate of drug-likeness (QED) is 0.711. The van der Waals surface area contributed by atoms with E-state index in [1.165, 1.54) is 0 Å². The molecular weight excluding hydrogens is 204 g/mol. The number of carbonyl (C=O) groups is 1. The molecule has 0 spiro atoms. The molecule has 0 aliphatic rings. The van der Waals surface area contributed by atoms with E-state index >= 15 is 0 Å². The first-order chi connectivity index (χ1) is 7.22. The number of hydrogen-bond acceptors (Lipinski definition) is 3. The molecule has 16 heavy (non-hydrogen) atoms. The number of nitrogens with one attached hydrogen (secondary N) is 1. The summed E-state index contributed by atoms with van der Waals surface area (Å²) in [6.45, 7) is 10.6. The lowest BCUT2D eigenvalue weighted by Gasteiger charge is -2.30. The Bertz CT molecular complexity index is 227. The van der Waals surface area contributed by atoms with Crippen LogP contribution in [0.1, 0.15) is 34.6 Å². The van der Waals surface area contributed by atoms with Crippen LogP contribution in [0.5, 0.6) is 0 Å². The van der Waals surface area contributed by atoms with Crippen LogP contribution in [0.15, 0.2) is 0 Å². The van der Waals surface area contributed by atoms with Gasteiger partial charge in [-0.05, 0) is 26.7 Å². The molecule has 0 fully saturated rings. The standard InChI is InChI=1S/C12H26N2O2/c1-7-14(6)11(15)10(4)13-8-12(5,16)9(2)3/h9-10,13,16H,7-8H2,1-6H3. The Labute approximate surface area is 99.0 Å². The minimum atomic E-state index is -0.778. The predicted octanol–water partition coefficient (Wildman–Crippen LogP) is 0.850. The number of likely N-dealkylation sites (N-methyl/N-ethyl adjacent to an activating group) is 1. The second kappa shape index (κ2) is 6.21. The molecule has 2 atom stereocenters. The maximum Gasteiger partial charge on any atom is 0.239 e. The summed E-state index contributed by atoms with van der Waals surface area (Å²) >= 11 is 0. The van der Waals surface area contributed by atoms with Crippen molar-refractivity contribution in [2.75, 3.05) is 20.1 Å². The van der Waals surface area contributed by atoms with Gasteiger partial charge in [0.25, 0.3) is 0 Å². The molecule has 0 aliphatic heterocycles. The highest BCUT2D eigenvalue weighted by Crippen LogP contribution is 2.14. The minimum Gasteiger partial charge on any atom is -0.389 e. The maximum atomic E-state index is 11.7. The van der Waals surface area contributed by atoms with Crippen LogP contribution >= 0.6 is 0 Å². The fourth-order valence-electron chi connectivity index (χ4n) is 1.14. The minimum absolute atomic E-state index is 0.0575. The summed E-state index contributed by atoms with van der Waals surface area (Å²) in [4.78, 5) is 13.4. The van der Waals surface area contributed by atoms with E-state index in [0.717, 1.165) is 0 Å². The second-order valence-electron chi connectivity index (χ2n) is 4.97. The van der Waals surface area contributed by atoms with Crippen molar-refractivity contribution < 1.29 is 9.90 Å². The smallest absolute Gasteiger partial charge is 0.239 e. The molecule has 0 aromatic carbocycles. The SMILES string of the molecule is CCN(C)C(=O)C(C)NCC(C)(O)C(C)C. The Hall–Kier alpha value is -0.610. The number of carbonyl (C=O) groups excluding carboxylic acids is 1. The Morgan fingerprint density at radius 3 is 2.31 bits per heavy atom. The Morgan fingerprint density at radius 2 is 1.94 bits per heavy atom. The average Bonchev–Trinajstić information content (AvgIpc) is 2.23. The summed E-state index contributed by atoms with van der Waals surface area (Å²) < 4.78 is 0. The van der Waals surface area contributed by atoms with Crippen molar-refractivity contribution in [1.82, 2.24) is 10.2 Å². The summed E-state index contributed by atoms with van der Waals surface area (Å²) in [5.74, 6) is 0.216. The first-order valence-corrected chi connectivity index (χ1v) is 5.93. The van der Waals surface area contributed by atoms with Crippen molar-refractivity contribution in [2.24, 2.45) is 5.92 Å². The van der Waals surface area contributed by atoms with Crippen LogP contribution < -0.4 is 5.32 Å². The molecular formula is C12H26N2O2. The molecule has 0 saturated heterocycles. The number of rotatable bonds is 6. The normalized spacial score (nSPS) is 17.0. The van der Waals surface area contributed by atoms with Gasteiger partial charge in [0.05, 0.1) is 11.6 Å². The van der Waals surface area contributed by atoms with Gasteiger partial charge in [-0.1, -0.05) is 13.8 Å². The Kier molecular flexibility index (Phi) is 5.97. The topological polar surface area (TPSA) is 52.6 Å². The fraction of sp³-hybridized carbons (Fsp3) is 0.917. The van der Waals surface area contributed by atoms with E-state index in [-0.39, 0.29) is 17.9 Å². The van der Waals surface area contributed by atoms with Crippen molar-refractivity contribution in [1.29, 1.82) is 0 Å². The van der Waals surface area contributed by atoms with E-state index < -0.39 is 5.60 Å². The highest BCUT2D eigenvalue weighted by Gasteiger charge is 2.26. The van der Waals surface area contributed by atoms with Gasteiger partial charge in [0, 0.05) is 20.1 Å². The van der Waals surface area contributed by atoms with Gasteiger partial charge in [-0.25, -0.2) is 0 Å². The van der Waals surface area contributed by atoms with Crippen molar-refractivity contribution >= 4 is 5.91 Å². The fourth-order valence-corrected chi connectivity index (χ4v) is 1.14. The lowest BCUT2D eigenvalue weighted by atomic mass is 9.92. The highest BCUT2D eigenvalue weighted by molar-refractivity contribution is 5.81. The molecule has 0 aromatic heterocycles. The Morgan fingerprint density at radius 1 is 1.44 bits per heavy atom. The van der Waals surface area contributed by atoms with E-state index in [4.69, 9.17) is 0 Å². The highest BCUT2D eigenvalue weighted by atomic mass is 16.3. The van der Waals surface area contributed by atoms with Crippen LogP contribution in [0.25, 0.3) is 0 Å². The monoisotopic (exact) mass is 230 g/mol. The molecule has 0 aliphatic carbocycles. The third-order valence-electron chi connectivity index (χ3n) is 3.23. The van der Waals surface area contributed by atoms with Crippen LogP contribution in [0.4, 0.5) is 0 Å². The summed E-state index contributed by atoms with van der Waals surface area (Å²) in [7, 11) is 1.78.